The second-order valence-corrected chi connectivity index (χ2v) is 5.25. The minimum atomic E-state index is 0.114. The zero-order chi connectivity index (χ0) is 14.1. The number of halogens is 1. The number of hydrogen-bond acceptors (Lipinski definition) is 3. The number of benzene rings is 1. The highest BCUT2D eigenvalue weighted by Gasteiger charge is 2.10. The summed E-state index contributed by atoms with van der Waals surface area (Å²) in [5, 5.41) is 8.53. The standard InChI is InChI=1S/C15H15ClN4/c1-10-8-14-15(17-6-7-20(14)19-10)18-11(2)12-4-3-5-13(16)9-12/h3-9,11H,1-2H3,(H,17,18)/t11-/m1/s1. The van der Waals surface area contributed by atoms with Gasteiger partial charge in [-0.25, -0.2) is 9.50 Å². The van der Waals surface area contributed by atoms with E-state index in [0.29, 0.717) is 0 Å². The van der Waals surface area contributed by atoms with E-state index in [2.05, 4.69) is 22.3 Å². The molecule has 0 spiro atoms. The van der Waals surface area contributed by atoms with Gasteiger partial charge in [0.1, 0.15) is 5.52 Å². The van der Waals surface area contributed by atoms with Crippen LogP contribution in [0.1, 0.15) is 24.2 Å². The first-order valence-electron chi connectivity index (χ1n) is 6.46. The molecule has 0 saturated heterocycles. The summed E-state index contributed by atoms with van der Waals surface area (Å²) in [5.74, 6) is 0.820. The van der Waals surface area contributed by atoms with Crippen LogP contribution in [0.5, 0.6) is 0 Å². The van der Waals surface area contributed by atoms with E-state index in [1.54, 1.807) is 6.20 Å². The van der Waals surface area contributed by atoms with Gasteiger partial charge in [-0.1, -0.05) is 23.7 Å². The lowest BCUT2D eigenvalue weighted by molar-refractivity contribution is 0.864. The molecule has 1 aromatic carbocycles. The van der Waals surface area contributed by atoms with Crippen molar-refractivity contribution in [3.63, 3.8) is 0 Å². The Bertz CT molecular complexity index is 750. The van der Waals surface area contributed by atoms with Crippen LogP contribution in [0.15, 0.2) is 42.7 Å². The Balaban J connectivity index is 1.93. The van der Waals surface area contributed by atoms with Gasteiger partial charge in [-0.2, -0.15) is 5.10 Å². The maximum Gasteiger partial charge on any atom is 0.152 e. The molecule has 0 aliphatic carbocycles. The van der Waals surface area contributed by atoms with Gasteiger partial charge in [0.2, 0.25) is 0 Å². The minimum Gasteiger partial charge on any atom is -0.362 e. The van der Waals surface area contributed by atoms with Gasteiger partial charge in [0, 0.05) is 17.4 Å². The van der Waals surface area contributed by atoms with E-state index in [4.69, 9.17) is 11.6 Å². The number of nitrogens with one attached hydrogen (secondary N) is 1. The molecule has 2 heterocycles. The Morgan fingerprint density at radius 2 is 2.15 bits per heavy atom. The van der Waals surface area contributed by atoms with Gasteiger partial charge in [-0.15, -0.1) is 0 Å². The Morgan fingerprint density at radius 1 is 1.30 bits per heavy atom. The molecule has 0 amide bonds. The quantitative estimate of drug-likeness (QED) is 0.795. The van der Waals surface area contributed by atoms with Crippen LogP contribution in [-0.4, -0.2) is 14.6 Å². The second-order valence-electron chi connectivity index (χ2n) is 4.81. The lowest BCUT2D eigenvalue weighted by Gasteiger charge is -2.15. The van der Waals surface area contributed by atoms with Gasteiger partial charge >= 0.3 is 0 Å². The van der Waals surface area contributed by atoms with Crippen molar-refractivity contribution < 1.29 is 0 Å². The van der Waals surface area contributed by atoms with E-state index in [-0.39, 0.29) is 6.04 Å². The van der Waals surface area contributed by atoms with Crippen LogP contribution in [-0.2, 0) is 0 Å². The van der Waals surface area contributed by atoms with Gasteiger partial charge in [0.25, 0.3) is 0 Å². The van der Waals surface area contributed by atoms with Gasteiger partial charge in [-0.3, -0.25) is 0 Å². The average molecular weight is 287 g/mol. The summed E-state index contributed by atoms with van der Waals surface area (Å²) >= 11 is 6.03. The molecule has 20 heavy (non-hydrogen) atoms. The topological polar surface area (TPSA) is 42.2 Å². The Morgan fingerprint density at radius 3 is 2.95 bits per heavy atom. The molecule has 0 radical (unpaired) electrons. The van der Waals surface area contributed by atoms with E-state index in [1.165, 1.54) is 0 Å². The van der Waals surface area contributed by atoms with Crippen LogP contribution in [0, 0.1) is 6.92 Å². The normalized spacial score (nSPS) is 12.6. The van der Waals surface area contributed by atoms with Crippen molar-refractivity contribution in [2.45, 2.75) is 19.9 Å². The maximum absolute atomic E-state index is 6.03. The number of aromatic nitrogens is 3. The number of fused-ring (bicyclic) bond motifs is 1. The predicted molar refractivity (Wildman–Crippen MR) is 81.2 cm³/mol. The van der Waals surface area contributed by atoms with Gasteiger partial charge < -0.3 is 5.32 Å². The van der Waals surface area contributed by atoms with Gasteiger partial charge in [-0.05, 0) is 37.6 Å². The van der Waals surface area contributed by atoms with Crippen LogP contribution < -0.4 is 5.32 Å². The summed E-state index contributed by atoms with van der Waals surface area (Å²) in [5.41, 5.74) is 3.06. The van der Waals surface area contributed by atoms with Crippen molar-refractivity contribution in [1.29, 1.82) is 0 Å². The average Bonchev–Trinajstić information content (AvgIpc) is 2.80. The molecule has 4 nitrogen and oxygen atoms in total. The molecule has 102 valence electrons. The van der Waals surface area contributed by atoms with Crippen LogP contribution >= 0.6 is 11.6 Å². The first kappa shape index (κ1) is 12.9. The monoisotopic (exact) mass is 286 g/mol. The van der Waals surface area contributed by atoms with Crippen molar-refractivity contribution in [2.75, 3.05) is 5.32 Å². The van der Waals surface area contributed by atoms with Crippen LogP contribution in [0.2, 0.25) is 5.02 Å². The molecule has 0 fully saturated rings. The fourth-order valence-electron chi connectivity index (χ4n) is 2.22. The van der Waals surface area contributed by atoms with Crippen molar-refractivity contribution in [1.82, 2.24) is 14.6 Å². The summed E-state index contributed by atoms with van der Waals surface area (Å²) in [4.78, 5) is 4.40. The third-order valence-electron chi connectivity index (χ3n) is 3.21. The Labute approximate surface area is 122 Å². The predicted octanol–water partition coefficient (Wildman–Crippen LogP) is 3.86. The minimum absolute atomic E-state index is 0.114. The molecular formula is C15H15ClN4. The SMILES string of the molecule is Cc1cc2c(N[C@H](C)c3cccc(Cl)c3)nccn2n1. The van der Waals surface area contributed by atoms with Crippen molar-refractivity contribution in [3.8, 4) is 0 Å². The summed E-state index contributed by atoms with van der Waals surface area (Å²) < 4.78 is 1.83. The third kappa shape index (κ3) is 2.47. The van der Waals surface area contributed by atoms with E-state index in [0.717, 1.165) is 27.6 Å². The maximum atomic E-state index is 6.03. The zero-order valence-electron chi connectivity index (χ0n) is 11.3. The molecule has 0 aliphatic rings. The molecule has 1 N–H and O–H groups in total. The number of aryl methyl sites for hydroxylation is 1. The molecule has 1 atom stereocenters. The molecule has 2 aromatic heterocycles. The number of nitrogens with zero attached hydrogens (tertiary/aromatic N) is 3. The highest BCUT2D eigenvalue weighted by atomic mass is 35.5. The van der Waals surface area contributed by atoms with E-state index >= 15 is 0 Å². The van der Waals surface area contributed by atoms with Crippen molar-refractivity contribution in [2.24, 2.45) is 0 Å². The largest absolute Gasteiger partial charge is 0.362 e. The highest BCUT2D eigenvalue weighted by Crippen LogP contribution is 2.23. The summed E-state index contributed by atoms with van der Waals surface area (Å²) in [6.07, 6.45) is 3.59. The molecular weight excluding hydrogens is 272 g/mol. The summed E-state index contributed by atoms with van der Waals surface area (Å²) in [7, 11) is 0. The molecule has 0 saturated carbocycles. The lowest BCUT2D eigenvalue weighted by atomic mass is 10.1. The first-order chi connectivity index (χ1) is 9.63. The highest BCUT2D eigenvalue weighted by molar-refractivity contribution is 6.30. The van der Waals surface area contributed by atoms with Crippen LogP contribution in [0.3, 0.4) is 0 Å². The number of rotatable bonds is 3. The number of anilines is 1. The third-order valence-corrected chi connectivity index (χ3v) is 3.45. The van der Waals surface area contributed by atoms with Gasteiger partial charge in [0.05, 0.1) is 11.7 Å². The van der Waals surface area contributed by atoms with Crippen LogP contribution in [0.25, 0.3) is 5.52 Å². The summed E-state index contributed by atoms with van der Waals surface area (Å²) in [6, 6.07) is 9.96. The second kappa shape index (κ2) is 5.13. The van der Waals surface area contributed by atoms with E-state index in [9.17, 15) is 0 Å². The summed E-state index contributed by atoms with van der Waals surface area (Å²) in [6.45, 7) is 4.05. The fraction of sp³-hybridized carbons (Fsp3) is 0.200. The lowest BCUT2D eigenvalue weighted by Crippen LogP contribution is -2.09. The van der Waals surface area contributed by atoms with Crippen molar-refractivity contribution >= 4 is 22.9 Å². The Kier molecular flexibility index (Phi) is 3.32. The van der Waals surface area contributed by atoms with Crippen LogP contribution in [0.4, 0.5) is 5.82 Å². The fourth-order valence-corrected chi connectivity index (χ4v) is 2.42. The van der Waals surface area contributed by atoms with Gasteiger partial charge in [0.15, 0.2) is 5.82 Å². The zero-order valence-corrected chi connectivity index (χ0v) is 12.1. The Hall–Kier alpha value is -2.07. The van der Waals surface area contributed by atoms with Crippen molar-refractivity contribution in [3.05, 3.63) is 59.0 Å². The number of hydrogen-bond donors (Lipinski definition) is 1. The molecule has 5 heteroatoms. The molecule has 0 unspecified atom stereocenters. The van der Waals surface area contributed by atoms with E-state index < -0.39 is 0 Å². The first-order valence-corrected chi connectivity index (χ1v) is 6.84. The smallest absolute Gasteiger partial charge is 0.152 e. The molecule has 0 bridgehead atoms. The molecule has 3 aromatic rings. The molecule has 0 aliphatic heterocycles. The van der Waals surface area contributed by atoms with E-state index in [1.807, 2.05) is 48.0 Å². The molecule has 3 rings (SSSR count).